The fourth-order valence-electron chi connectivity index (χ4n) is 1.59. The van der Waals surface area contributed by atoms with Crippen LogP contribution in [0.4, 0.5) is 0 Å². The van der Waals surface area contributed by atoms with Crippen molar-refractivity contribution in [3.63, 3.8) is 0 Å². The van der Waals surface area contributed by atoms with Gasteiger partial charge in [-0.05, 0) is 5.56 Å². The van der Waals surface area contributed by atoms with Gasteiger partial charge in [0.05, 0.1) is 32.6 Å². The molecule has 0 bridgehead atoms. The summed E-state index contributed by atoms with van der Waals surface area (Å²) in [6.07, 6.45) is 3.85. The molecule has 0 amide bonds. The van der Waals surface area contributed by atoms with E-state index in [-0.39, 0.29) is 6.61 Å². The average molecular weight is 232 g/mol. The van der Waals surface area contributed by atoms with Gasteiger partial charge in [0.2, 0.25) is 0 Å². The Balaban J connectivity index is 1.92. The number of benzene rings is 1. The molecule has 1 aromatic carbocycles. The summed E-state index contributed by atoms with van der Waals surface area (Å²) in [4.78, 5) is 0. The zero-order valence-corrected chi connectivity index (χ0v) is 9.62. The van der Waals surface area contributed by atoms with Gasteiger partial charge in [-0.3, -0.25) is 4.68 Å². The minimum atomic E-state index is 0.0639. The molecule has 0 aliphatic rings. The SMILES string of the molecule is OCCOCCn1cc(-c2ccccc2)cn1. The fraction of sp³-hybridized carbons (Fsp3) is 0.308. The Morgan fingerprint density at radius 2 is 1.94 bits per heavy atom. The molecule has 2 rings (SSSR count). The van der Waals surface area contributed by atoms with Crippen LogP contribution in [0, 0.1) is 0 Å². The van der Waals surface area contributed by atoms with Crippen LogP contribution in [0.25, 0.3) is 11.1 Å². The summed E-state index contributed by atoms with van der Waals surface area (Å²) in [6, 6.07) is 10.1. The number of aliphatic hydroxyl groups excluding tert-OH is 1. The highest BCUT2D eigenvalue weighted by Gasteiger charge is 2.00. The highest BCUT2D eigenvalue weighted by atomic mass is 16.5. The lowest BCUT2D eigenvalue weighted by atomic mass is 10.1. The molecule has 0 fully saturated rings. The molecule has 4 heteroatoms. The number of hydrogen-bond donors (Lipinski definition) is 1. The highest BCUT2D eigenvalue weighted by Crippen LogP contribution is 2.17. The molecular formula is C13H16N2O2. The first-order valence-electron chi connectivity index (χ1n) is 5.66. The third-order valence-corrected chi connectivity index (χ3v) is 2.44. The van der Waals surface area contributed by atoms with E-state index >= 15 is 0 Å². The van der Waals surface area contributed by atoms with E-state index in [1.165, 1.54) is 0 Å². The van der Waals surface area contributed by atoms with E-state index < -0.39 is 0 Å². The third-order valence-electron chi connectivity index (χ3n) is 2.44. The molecule has 0 unspecified atom stereocenters. The Morgan fingerprint density at radius 3 is 2.71 bits per heavy atom. The number of nitrogens with zero attached hydrogens (tertiary/aromatic N) is 2. The third kappa shape index (κ3) is 3.41. The Kier molecular flexibility index (Phi) is 4.30. The van der Waals surface area contributed by atoms with Gasteiger partial charge in [0.25, 0.3) is 0 Å². The quantitative estimate of drug-likeness (QED) is 0.769. The topological polar surface area (TPSA) is 47.3 Å². The lowest BCUT2D eigenvalue weighted by Crippen LogP contribution is -2.08. The van der Waals surface area contributed by atoms with E-state index in [0.717, 1.165) is 11.1 Å². The van der Waals surface area contributed by atoms with E-state index in [1.807, 2.05) is 35.3 Å². The van der Waals surface area contributed by atoms with Gasteiger partial charge in [0, 0.05) is 11.8 Å². The molecule has 0 spiro atoms. The van der Waals surface area contributed by atoms with Crippen molar-refractivity contribution >= 4 is 0 Å². The maximum absolute atomic E-state index is 8.57. The Bertz CT molecular complexity index is 440. The summed E-state index contributed by atoms with van der Waals surface area (Å²) in [5.41, 5.74) is 2.27. The van der Waals surface area contributed by atoms with Crippen LogP contribution in [0.2, 0.25) is 0 Å². The maximum Gasteiger partial charge on any atom is 0.0698 e. The van der Waals surface area contributed by atoms with E-state index in [1.54, 1.807) is 0 Å². The molecule has 0 aliphatic heterocycles. The summed E-state index contributed by atoms with van der Waals surface area (Å²) in [7, 11) is 0. The largest absolute Gasteiger partial charge is 0.394 e. The molecule has 1 heterocycles. The Labute approximate surface area is 100 Å². The summed E-state index contributed by atoms with van der Waals surface area (Å²) in [6.45, 7) is 1.71. The van der Waals surface area contributed by atoms with Crippen molar-refractivity contribution in [3.05, 3.63) is 42.7 Å². The molecule has 0 atom stereocenters. The summed E-state index contributed by atoms with van der Waals surface area (Å²) < 4.78 is 7.04. The van der Waals surface area contributed by atoms with Crippen molar-refractivity contribution in [3.8, 4) is 11.1 Å². The fourth-order valence-corrected chi connectivity index (χ4v) is 1.59. The van der Waals surface area contributed by atoms with Crippen molar-refractivity contribution in [2.75, 3.05) is 19.8 Å². The zero-order chi connectivity index (χ0) is 11.9. The van der Waals surface area contributed by atoms with Crippen LogP contribution in [0.15, 0.2) is 42.7 Å². The number of hydrogen-bond acceptors (Lipinski definition) is 3. The first kappa shape index (κ1) is 11.8. The molecule has 4 nitrogen and oxygen atoms in total. The second-order valence-corrected chi connectivity index (χ2v) is 3.69. The van der Waals surface area contributed by atoms with Crippen LogP contribution in [0.3, 0.4) is 0 Å². The van der Waals surface area contributed by atoms with Crippen molar-refractivity contribution < 1.29 is 9.84 Å². The summed E-state index contributed by atoms with van der Waals surface area (Å²) in [5.74, 6) is 0. The Morgan fingerprint density at radius 1 is 1.12 bits per heavy atom. The average Bonchev–Trinajstić information content (AvgIpc) is 2.85. The van der Waals surface area contributed by atoms with Gasteiger partial charge in [-0.25, -0.2) is 0 Å². The minimum Gasteiger partial charge on any atom is -0.394 e. The van der Waals surface area contributed by atoms with Crippen LogP contribution in [-0.2, 0) is 11.3 Å². The van der Waals surface area contributed by atoms with Gasteiger partial charge in [-0.1, -0.05) is 30.3 Å². The molecule has 0 saturated heterocycles. The van der Waals surface area contributed by atoms with Gasteiger partial charge < -0.3 is 9.84 Å². The second-order valence-electron chi connectivity index (χ2n) is 3.69. The first-order valence-corrected chi connectivity index (χ1v) is 5.66. The lowest BCUT2D eigenvalue weighted by molar-refractivity contribution is 0.0854. The Hall–Kier alpha value is -1.65. The molecule has 0 radical (unpaired) electrons. The maximum atomic E-state index is 8.57. The van der Waals surface area contributed by atoms with Crippen LogP contribution < -0.4 is 0 Å². The normalized spacial score (nSPS) is 10.6. The van der Waals surface area contributed by atoms with Crippen molar-refractivity contribution in [2.45, 2.75) is 6.54 Å². The molecular weight excluding hydrogens is 216 g/mol. The van der Waals surface area contributed by atoms with Crippen molar-refractivity contribution in [1.82, 2.24) is 9.78 Å². The summed E-state index contributed by atoms with van der Waals surface area (Å²) in [5, 5.41) is 12.8. The number of aromatic nitrogens is 2. The second kappa shape index (κ2) is 6.18. The predicted octanol–water partition coefficient (Wildman–Crippen LogP) is 1.56. The van der Waals surface area contributed by atoms with Crippen LogP contribution in [0.1, 0.15) is 0 Å². The monoisotopic (exact) mass is 232 g/mol. The molecule has 2 aromatic rings. The van der Waals surface area contributed by atoms with Gasteiger partial charge in [0.1, 0.15) is 0 Å². The number of ether oxygens (including phenoxy) is 1. The van der Waals surface area contributed by atoms with Gasteiger partial charge in [-0.15, -0.1) is 0 Å². The smallest absolute Gasteiger partial charge is 0.0698 e. The molecule has 1 aromatic heterocycles. The summed E-state index contributed by atoms with van der Waals surface area (Å²) >= 11 is 0. The lowest BCUT2D eigenvalue weighted by Gasteiger charge is -2.02. The standard InChI is InChI=1S/C13H16N2O2/c16-7-9-17-8-6-15-11-13(10-14-15)12-4-2-1-3-5-12/h1-5,10-11,16H,6-9H2. The molecule has 0 aliphatic carbocycles. The minimum absolute atomic E-state index is 0.0639. The van der Waals surface area contributed by atoms with E-state index in [2.05, 4.69) is 17.2 Å². The van der Waals surface area contributed by atoms with Crippen molar-refractivity contribution in [2.24, 2.45) is 0 Å². The van der Waals surface area contributed by atoms with Gasteiger partial charge in [0.15, 0.2) is 0 Å². The zero-order valence-electron chi connectivity index (χ0n) is 9.62. The van der Waals surface area contributed by atoms with E-state index in [4.69, 9.17) is 9.84 Å². The number of rotatable bonds is 6. The molecule has 17 heavy (non-hydrogen) atoms. The first-order chi connectivity index (χ1) is 8.40. The number of aliphatic hydroxyl groups is 1. The molecule has 1 N–H and O–H groups in total. The van der Waals surface area contributed by atoms with E-state index in [0.29, 0.717) is 19.8 Å². The van der Waals surface area contributed by atoms with Crippen molar-refractivity contribution in [1.29, 1.82) is 0 Å². The molecule has 0 saturated carbocycles. The van der Waals surface area contributed by atoms with Crippen LogP contribution >= 0.6 is 0 Å². The predicted molar refractivity (Wildman–Crippen MR) is 65.6 cm³/mol. The van der Waals surface area contributed by atoms with Gasteiger partial charge in [-0.2, -0.15) is 5.10 Å². The van der Waals surface area contributed by atoms with Crippen LogP contribution in [0.5, 0.6) is 0 Å². The van der Waals surface area contributed by atoms with Gasteiger partial charge >= 0.3 is 0 Å². The van der Waals surface area contributed by atoms with E-state index in [9.17, 15) is 0 Å². The highest BCUT2D eigenvalue weighted by molar-refractivity contribution is 5.61. The van der Waals surface area contributed by atoms with Crippen LogP contribution in [-0.4, -0.2) is 34.7 Å². The molecule has 90 valence electrons.